The molecule has 8 heteroatoms. The summed E-state index contributed by atoms with van der Waals surface area (Å²) in [6, 6.07) is 12.9. The van der Waals surface area contributed by atoms with Crippen LogP contribution in [-0.2, 0) is 21.4 Å². The Hall–Kier alpha value is -2.38. The van der Waals surface area contributed by atoms with Gasteiger partial charge in [-0.1, -0.05) is 61.3 Å². The number of carbonyl (C=O) groups is 2. The maximum atomic E-state index is 13.9. The number of esters is 1. The van der Waals surface area contributed by atoms with Crippen molar-refractivity contribution in [1.82, 2.24) is 9.80 Å². The van der Waals surface area contributed by atoms with Crippen LogP contribution in [0.1, 0.15) is 51.2 Å². The van der Waals surface area contributed by atoms with Gasteiger partial charge in [0.1, 0.15) is 5.75 Å². The standard InChI is InChI=1S/C32H40Cl2N2O4/c1-5-12-35-13-11-32(24-7-6-8-26(16-24)40-22(4)37)18-25(17-30(38)27(32)20-35)36(19-21(2)3)31(39)15-23-9-10-28(33)29(34)14-23/h5-10,14,16,21,25,27,30,38H,1,11-13,15,17-20H2,2-4H3. The van der Waals surface area contributed by atoms with E-state index in [9.17, 15) is 14.7 Å². The van der Waals surface area contributed by atoms with E-state index < -0.39 is 6.10 Å². The number of hydrogen-bond donors (Lipinski definition) is 1. The molecule has 0 spiro atoms. The number of likely N-dealkylation sites (tertiary alicyclic amines) is 1. The minimum absolute atomic E-state index is 0.00986. The van der Waals surface area contributed by atoms with Gasteiger partial charge in [0.2, 0.25) is 5.91 Å². The number of benzene rings is 2. The molecule has 1 saturated heterocycles. The van der Waals surface area contributed by atoms with E-state index in [1.807, 2.05) is 29.2 Å². The molecule has 1 N–H and O–H groups in total. The fourth-order valence-corrected chi connectivity index (χ4v) is 6.97. The van der Waals surface area contributed by atoms with E-state index in [0.29, 0.717) is 28.8 Å². The molecule has 4 rings (SSSR count). The molecule has 216 valence electrons. The van der Waals surface area contributed by atoms with Crippen LogP contribution in [-0.4, -0.2) is 65.1 Å². The number of carbonyl (C=O) groups excluding carboxylic acids is 2. The molecular formula is C32H40Cl2N2O4. The highest BCUT2D eigenvalue weighted by molar-refractivity contribution is 6.42. The van der Waals surface area contributed by atoms with Gasteiger partial charge in [-0.3, -0.25) is 14.5 Å². The zero-order valence-electron chi connectivity index (χ0n) is 23.6. The molecule has 1 aliphatic carbocycles. The molecule has 0 radical (unpaired) electrons. The fourth-order valence-electron chi connectivity index (χ4n) is 6.65. The first kappa shape index (κ1) is 30.6. The van der Waals surface area contributed by atoms with Gasteiger partial charge < -0.3 is 14.7 Å². The Kier molecular flexibility index (Phi) is 9.99. The SMILES string of the molecule is C=CCN1CCC2(c3cccc(OC(C)=O)c3)CC(N(CC(C)C)C(=O)Cc3ccc(Cl)c(Cl)c3)CC(O)C2C1. The zero-order valence-corrected chi connectivity index (χ0v) is 25.1. The normalized spacial score (nSPS) is 24.8. The third kappa shape index (κ3) is 6.91. The van der Waals surface area contributed by atoms with Gasteiger partial charge in [0, 0.05) is 43.9 Å². The maximum Gasteiger partial charge on any atom is 0.308 e. The van der Waals surface area contributed by atoms with Gasteiger partial charge in [-0.05, 0) is 67.1 Å². The molecule has 2 fully saturated rings. The molecule has 2 aromatic carbocycles. The van der Waals surface area contributed by atoms with E-state index in [2.05, 4.69) is 31.4 Å². The Morgan fingerprint density at radius 3 is 2.67 bits per heavy atom. The first-order valence-electron chi connectivity index (χ1n) is 14.1. The Morgan fingerprint density at radius 1 is 1.23 bits per heavy atom. The summed E-state index contributed by atoms with van der Waals surface area (Å²) in [6.07, 6.45) is 3.56. The number of piperidine rings is 1. The maximum absolute atomic E-state index is 13.9. The smallest absolute Gasteiger partial charge is 0.308 e. The molecular weight excluding hydrogens is 547 g/mol. The van der Waals surface area contributed by atoms with E-state index >= 15 is 0 Å². The predicted molar refractivity (Wildman–Crippen MR) is 160 cm³/mol. The number of aliphatic hydroxyl groups is 1. The molecule has 1 heterocycles. The lowest BCUT2D eigenvalue weighted by atomic mass is 9.56. The monoisotopic (exact) mass is 586 g/mol. The van der Waals surface area contributed by atoms with Crippen molar-refractivity contribution in [1.29, 1.82) is 0 Å². The number of nitrogens with zero attached hydrogens (tertiary/aromatic N) is 2. The summed E-state index contributed by atoms with van der Waals surface area (Å²) in [4.78, 5) is 29.9. The summed E-state index contributed by atoms with van der Waals surface area (Å²) in [7, 11) is 0. The number of hydrogen-bond acceptors (Lipinski definition) is 5. The molecule has 4 unspecified atom stereocenters. The predicted octanol–water partition coefficient (Wildman–Crippen LogP) is 5.92. The number of aliphatic hydroxyl groups excluding tert-OH is 1. The molecule has 0 bridgehead atoms. The van der Waals surface area contributed by atoms with Crippen LogP contribution in [0.2, 0.25) is 10.0 Å². The van der Waals surface area contributed by atoms with Crippen molar-refractivity contribution in [3.63, 3.8) is 0 Å². The van der Waals surface area contributed by atoms with E-state index in [1.54, 1.807) is 18.2 Å². The average Bonchev–Trinajstić information content (AvgIpc) is 2.89. The van der Waals surface area contributed by atoms with Gasteiger partial charge in [0.25, 0.3) is 0 Å². The van der Waals surface area contributed by atoms with Crippen LogP contribution in [0.15, 0.2) is 55.1 Å². The van der Waals surface area contributed by atoms with Crippen molar-refractivity contribution < 1.29 is 19.4 Å². The van der Waals surface area contributed by atoms with Crippen LogP contribution < -0.4 is 4.74 Å². The van der Waals surface area contributed by atoms with Crippen molar-refractivity contribution in [3.8, 4) is 5.75 Å². The molecule has 0 aromatic heterocycles. The van der Waals surface area contributed by atoms with Crippen molar-refractivity contribution in [3.05, 3.63) is 76.3 Å². The summed E-state index contributed by atoms with van der Waals surface area (Å²) >= 11 is 12.3. The van der Waals surface area contributed by atoms with Crippen LogP contribution in [0.4, 0.5) is 0 Å². The molecule has 2 aromatic rings. The number of amides is 1. The molecule has 40 heavy (non-hydrogen) atoms. The Labute approximate surface area is 247 Å². The minimum atomic E-state index is -0.601. The lowest BCUT2D eigenvalue weighted by Gasteiger charge is -2.56. The second kappa shape index (κ2) is 13.1. The van der Waals surface area contributed by atoms with Gasteiger partial charge in [-0.2, -0.15) is 0 Å². The summed E-state index contributed by atoms with van der Waals surface area (Å²) in [5.41, 5.74) is 1.47. The van der Waals surface area contributed by atoms with Crippen LogP contribution in [0.5, 0.6) is 5.75 Å². The van der Waals surface area contributed by atoms with Crippen molar-refractivity contribution in [2.45, 2.75) is 64.0 Å². The second-order valence-electron chi connectivity index (χ2n) is 11.7. The van der Waals surface area contributed by atoms with Gasteiger partial charge in [-0.15, -0.1) is 6.58 Å². The number of fused-ring (bicyclic) bond motifs is 1. The molecule has 2 aliphatic rings. The van der Waals surface area contributed by atoms with E-state index in [1.165, 1.54) is 6.92 Å². The first-order chi connectivity index (χ1) is 19.0. The highest BCUT2D eigenvalue weighted by atomic mass is 35.5. The summed E-state index contributed by atoms with van der Waals surface area (Å²) in [5.74, 6) is 0.361. The molecule has 1 amide bonds. The third-order valence-electron chi connectivity index (χ3n) is 8.34. The van der Waals surface area contributed by atoms with Crippen molar-refractivity contribution in [2.24, 2.45) is 11.8 Å². The first-order valence-corrected chi connectivity index (χ1v) is 14.8. The Bertz CT molecular complexity index is 1240. The molecule has 1 saturated carbocycles. The van der Waals surface area contributed by atoms with Gasteiger partial charge in [-0.25, -0.2) is 0 Å². The minimum Gasteiger partial charge on any atom is -0.427 e. The average molecular weight is 588 g/mol. The van der Waals surface area contributed by atoms with E-state index in [0.717, 1.165) is 43.6 Å². The summed E-state index contributed by atoms with van der Waals surface area (Å²) in [5, 5.41) is 12.6. The topological polar surface area (TPSA) is 70.1 Å². The summed E-state index contributed by atoms with van der Waals surface area (Å²) < 4.78 is 5.45. The van der Waals surface area contributed by atoms with Gasteiger partial charge >= 0.3 is 5.97 Å². The lowest BCUT2D eigenvalue weighted by molar-refractivity contribution is -0.138. The largest absolute Gasteiger partial charge is 0.427 e. The second-order valence-corrected chi connectivity index (χ2v) is 12.5. The van der Waals surface area contributed by atoms with Crippen LogP contribution >= 0.6 is 23.2 Å². The fraction of sp³-hybridized carbons (Fsp3) is 0.500. The van der Waals surface area contributed by atoms with Crippen LogP contribution in [0, 0.1) is 11.8 Å². The molecule has 6 nitrogen and oxygen atoms in total. The van der Waals surface area contributed by atoms with Crippen molar-refractivity contribution in [2.75, 3.05) is 26.2 Å². The highest BCUT2D eigenvalue weighted by Gasteiger charge is 2.53. The van der Waals surface area contributed by atoms with Gasteiger partial charge in [0.15, 0.2) is 0 Å². The van der Waals surface area contributed by atoms with Crippen LogP contribution in [0.25, 0.3) is 0 Å². The van der Waals surface area contributed by atoms with Gasteiger partial charge in [0.05, 0.1) is 22.6 Å². The quantitative estimate of drug-likeness (QED) is 0.224. The number of ether oxygens (including phenoxy) is 1. The Morgan fingerprint density at radius 2 is 2.00 bits per heavy atom. The number of halogens is 2. The Balaban J connectivity index is 1.70. The number of rotatable bonds is 9. The van der Waals surface area contributed by atoms with E-state index in [-0.39, 0.29) is 41.6 Å². The highest BCUT2D eigenvalue weighted by Crippen LogP contribution is 2.51. The zero-order chi connectivity index (χ0) is 29.0. The lowest BCUT2D eigenvalue weighted by Crippen LogP contribution is -2.61. The third-order valence-corrected chi connectivity index (χ3v) is 9.08. The van der Waals surface area contributed by atoms with E-state index in [4.69, 9.17) is 27.9 Å². The molecule has 1 aliphatic heterocycles. The van der Waals surface area contributed by atoms with Crippen LogP contribution in [0.3, 0.4) is 0 Å². The summed E-state index contributed by atoms with van der Waals surface area (Å²) in [6.45, 7) is 12.4. The van der Waals surface area contributed by atoms with Crippen molar-refractivity contribution >= 4 is 35.1 Å². The molecule has 4 atom stereocenters.